The second-order valence-corrected chi connectivity index (χ2v) is 6.75. The Labute approximate surface area is 123 Å². The summed E-state index contributed by atoms with van der Waals surface area (Å²) < 4.78 is 6.37. The van der Waals surface area contributed by atoms with Gasteiger partial charge in [-0.25, -0.2) is 4.98 Å². The minimum atomic E-state index is 0.207. The normalized spacial score (nSPS) is 12.6. The molecule has 2 N–H and O–H groups in total. The molecule has 96 valence electrons. The predicted octanol–water partition coefficient (Wildman–Crippen LogP) is 3.66. The SMILES string of the molecule is CCc1nsc(SC(CN)c2ccccc2Br)n1. The van der Waals surface area contributed by atoms with Crippen molar-refractivity contribution in [1.82, 2.24) is 9.36 Å². The minimum absolute atomic E-state index is 0.207. The number of nitrogens with zero attached hydrogens (tertiary/aromatic N) is 2. The second-order valence-electron chi connectivity index (χ2n) is 3.69. The number of nitrogens with two attached hydrogens (primary N) is 1. The molecule has 1 atom stereocenters. The van der Waals surface area contributed by atoms with Crippen LogP contribution in [0.5, 0.6) is 0 Å². The largest absolute Gasteiger partial charge is 0.329 e. The van der Waals surface area contributed by atoms with Crippen LogP contribution in [0, 0.1) is 0 Å². The van der Waals surface area contributed by atoms with Crippen LogP contribution in [-0.2, 0) is 6.42 Å². The summed E-state index contributed by atoms with van der Waals surface area (Å²) in [4.78, 5) is 4.47. The molecule has 2 rings (SSSR count). The van der Waals surface area contributed by atoms with Crippen LogP contribution in [0.2, 0.25) is 0 Å². The Kier molecular flexibility index (Phi) is 5.17. The summed E-state index contributed by atoms with van der Waals surface area (Å²) >= 11 is 6.70. The van der Waals surface area contributed by atoms with Gasteiger partial charge < -0.3 is 5.73 Å². The van der Waals surface area contributed by atoms with Gasteiger partial charge in [-0.2, -0.15) is 4.37 Å². The van der Waals surface area contributed by atoms with Gasteiger partial charge in [0.05, 0.1) is 5.25 Å². The van der Waals surface area contributed by atoms with Gasteiger partial charge in [0, 0.05) is 17.4 Å². The Morgan fingerprint density at radius 1 is 1.44 bits per heavy atom. The van der Waals surface area contributed by atoms with E-state index in [9.17, 15) is 0 Å². The van der Waals surface area contributed by atoms with Gasteiger partial charge in [-0.1, -0.05) is 52.8 Å². The zero-order valence-electron chi connectivity index (χ0n) is 9.97. The predicted molar refractivity (Wildman–Crippen MR) is 81.1 cm³/mol. The molecule has 0 radical (unpaired) electrons. The molecule has 0 fully saturated rings. The molecule has 0 spiro atoms. The maximum atomic E-state index is 5.88. The van der Waals surface area contributed by atoms with E-state index in [1.807, 2.05) is 18.2 Å². The van der Waals surface area contributed by atoms with Crippen molar-refractivity contribution in [2.45, 2.75) is 22.9 Å². The van der Waals surface area contributed by atoms with E-state index in [2.05, 4.69) is 38.3 Å². The second kappa shape index (κ2) is 6.65. The first-order chi connectivity index (χ1) is 8.74. The molecule has 0 bridgehead atoms. The van der Waals surface area contributed by atoms with Crippen LogP contribution in [0.25, 0.3) is 0 Å². The molecule has 1 unspecified atom stereocenters. The standard InChI is InChI=1S/C12H14BrN3S2/c1-2-11-15-12(18-16-11)17-10(7-14)8-5-3-4-6-9(8)13/h3-6,10H,2,7,14H2,1H3. The van der Waals surface area contributed by atoms with Crippen molar-refractivity contribution < 1.29 is 0 Å². The average molecular weight is 344 g/mol. The number of rotatable bonds is 5. The Hall–Kier alpha value is -0.430. The lowest BCUT2D eigenvalue weighted by atomic mass is 10.1. The van der Waals surface area contributed by atoms with E-state index in [0.717, 1.165) is 21.1 Å². The summed E-state index contributed by atoms with van der Waals surface area (Å²) in [6, 6.07) is 8.17. The molecule has 1 heterocycles. The molecule has 6 heteroatoms. The number of aromatic nitrogens is 2. The average Bonchev–Trinajstić information content (AvgIpc) is 2.85. The lowest BCUT2D eigenvalue weighted by Gasteiger charge is -2.14. The van der Waals surface area contributed by atoms with Crippen molar-refractivity contribution in [1.29, 1.82) is 0 Å². The van der Waals surface area contributed by atoms with Crippen LogP contribution in [0.3, 0.4) is 0 Å². The lowest BCUT2D eigenvalue weighted by molar-refractivity contribution is 0.927. The number of benzene rings is 1. The molecule has 0 aliphatic heterocycles. The lowest BCUT2D eigenvalue weighted by Crippen LogP contribution is -2.09. The first-order valence-electron chi connectivity index (χ1n) is 5.68. The van der Waals surface area contributed by atoms with E-state index < -0.39 is 0 Å². The van der Waals surface area contributed by atoms with Crippen LogP contribution in [-0.4, -0.2) is 15.9 Å². The van der Waals surface area contributed by atoms with Crippen molar-refractivity contribution in [2.75, 3.05) is 6.54 Å². The fourth-order valence-electron chi connectivity index (χ4n) is 1.53. The van der Waals surface area contributed by atoms with E-state index in [1.165, 1.54) is 17.1 Å². The fraction of sp³-hybridized carbons (Fsp3) is 0.333. The summed E-state index contributed by atoms with van der Waals surface area (Å²) in [5.74, 6) is 0.908. The molecule has 3 nitrogen and oxygen atoms in total. The third-order valence-electron chi connectivity index (χ3n) is 2.47. The van der Waals surface area contributed by atoms with Gasteiger partial charge in [-0.15, -0.1) is 0 Å². The zero-order valence-corrected chi connectivity index (χ0v) is 13.2. The number of hydrogen-bond donors (Lipinski definition) is 1. The molecule has 0 aliphatic rings. The topological polar surface area (TPSA) is 51.8 Å². The van der Waals surface area contributed by atoms with Crippen molar-refractivity contribution in [3.05, 3.63) is 40.1 Å². The Bertz CT molecular complexity index is 516. The summed E-state index contributed by atoms with van der Waals surface area (Å²) in [6.45, 7) is 2.64. The highest BCUT2D eigenvalue weighted by molar-refractivity contribution is 9.10. The highest BCUT2D eigenvalue weighted by Crippen LogP contribution is 2.38. The van der Waals surface area contributed by atoms with Gasteiger partial charge in [-0.05, 0) is 23.2 Å². The van der Waals surface area contributed by atoms with Crippen molar-refractivity contribution >= 4 is 39.2 Å². The van der Waals surface area contributed by atoms with Crippen molar-refractivity contribution in [3.63, 3.8) is 0 Å². The van der Waals surface area contributed by atoms with Crippen LogP contribution in [0.4, 0.5) is 0 Å². The van der Waals surface area contributed by atoms with E-state index in [0.29, 0.717) is 6.54 Å². The maximum Gasteiger partial charge on any atom is 0.170 e. The molecule has 1 aromatic heterocycles. The number of aryl methyl sites for hydroxylation is 1. The quantitative estimate of drug-likeness (QED) is 0.841. The van der Waals surface area contributed by atoms with E-state index in [4.69, 9.17) is 5.73 Å². The third kappa shape index (κ3) is 3.32. The molecule has 0 saturated heterocycles. The summed E-state index contributed by atoms with van der Waals surface area (Å²) in [7, 11) is 0. The van der Waals surface area contributed by atoms with Gasteiger partial charge in [-0.3, -0.25) is 0 Å². The van der Waals surface area contributed by atoms with Crippen LogP contribution in [0.15, 0.2) is 33.1 Å². The molecular formula is C12H14BrN3S2. The molecule has 0 saturated carbocycles. The summed E-state index contributed by atoms with van der Waals surface area (Å²) in [5, 5.41) is 0.207. The van der Waals surface area contributed by atoms with Crippen molar-refractivity contribution in [3.8, 4) is 0 Å². The van der Waals surface area contributed by atoms with Gasteiger partial charge in [0.2, 0.25) is 0 Å². The van der Waals surface area contributed by atoms with Crippen LogP contribution >= 0.6 is 39.2 Å². The van der Waals surface area contributed by atoms with E-state index >= 15 is 0 Å². The number of hydrogen-bond acceptors (Lipinski definition) is 5. The van der Waals surface area contributed by atoms with Gasteiger partial charge in [0.25, 0.3) is 0 Å². The first-order valence-corrected chi connectivity index (χ1v) is 8.13. The number of thioether (sulfide) groups is 1. The Morgan fingerprint density at radius 3 is 2.83 bits per heavy atom. The highest BCUT2D eigenvalue weighted by Gasteiger charge is 2.16. The fourth-order valence-corrected chi connectivity index (χ4v) is 4.20. The van der Waals surface area contributed by atoms with Crippen LogP contribution < -0.4 is 5.73 Å². The third-order valence-corrected chi connectivity index (χ3v) is 5.28. The Morgan fingerprint density at radius 2 is 2.22 bits per heavy atom. The van der Waals surface area contributed by atoms with Crippen molar-refractivity contribution in [2.24, 2.45) is 5.73 Å². The molecular weight excluding hydrogens is 330 g/mol. The number of halogens is 1. The van der Waals surface area contributed by atoms with Gasteiger partial charge in [0.15, 0.2) is 4.34 Å². The van der Waals surface area contributed by atoms with Gasteiger partial charge >= 0.3 is 0 Å². The van der Waals surface area contributed by atoms with E-state index in [-0.39, 0.29) is 5.25 Å². The highest BCUT2D eigenvalue weighted by atomic mass is 79.9. The Balaban J connectivity index is 2.17. The first kappa shape index (κ1) is 14.0. The van der Waals surface area contributed by atoms with Crippen LogP contribution in [0.1, 0.15) is 23.6 Å². The monoisotopic (exact) mass is 343 g/mol. The molecule has 0 amide bonds. The van der Waals surface area contributed by atoms with Gasteiger partial charge in [0.1, 0.15) is 5.82 Å². The smallest absolute Gasteiger partial charge is 0.170 e. The molecule has 0 aliphatic carbocycles. The molecule has 2 aromatic rings. The molecule has 1 aromatic carbocycles. The minimum Gasteiger partial charge on any atom is -0.329 e. The summed E-state index contributed by atoms with van der Waals surface area (Å²) in [5.41, 5.74) is 7.08. The van der Waals surface area contributed by atoms with E-state index in [1.54, 1.807) is 11.8 Å². The summed E-state index contributed by atoms with van der Waals surface area (Å²) in [6.07, 6.45) is 0.874. The molecule has 18 heavy (non-hydrogen) atoms. The zero-order chi connectivity index (χ0) is 13.0. The maximum absolute atomic E-state index is 5.88.